The van der Waals surface area contributed by atoms with Crippen molar-refractivity contribution >= 4 is 28.4 Å². The van der Waals surface area contributed by atoms with Gasteiger partial charge in [0, 0.05) is 6.54 Å². The van der Waals surface area contributed by atoms with Gasteiger partial charge in [-0.3, -0.25) is 14.8 Å². The molecule has 0 aliphatic carbocycles. The lowest BCUT2D eigenvalue weighted by Gasteiger charge is -2.29. The molecule has 0 spiro atoms. The largest absolute Gasteiger partial charge is 0.443 e. The molecule has 2 aliphatic rings. The molecule has 2 unspecified atom stereocenters. The highest BCUT2D eigenvalue weighted by Gasteiger charge is 2.49. The maximum atomic E-state index is 12.2. The standard InChI is InChI=1S/C12H20N4O8S/c1-12(2,3)23-10(18)14-13-9(17)8-5-4-7-6-15(8)11(19)16(7)24-25(20,21)22/h7-8H,4-6H2,1-3H3,(H,13,17)(H,14,18)(H,20,21,22). The Morgan fingerprint density at radius 1 is 1.24 bits per heavy atom. The van der Waals surface area contributed by atoms with E-state index < -0.39 is 46.1 Å². The molecule has 25 heavy (non-hydrogen) atoms. The molecule has 12 nitrogen and oxygen atoms in total. The van der Waals surface area contributed by atoms with E-state index in [4.69, 9.17) is 9.29 Å². The van der Waals surface area contributed by atoms with Crippen molar-refractivity contribution in [3.05, 3.63) is 0 Å². The van der Waals surface area contributed by atoms with Crippen LogP contribution in [0, 0.1) is 0 Å². The summed E-state index contributed by atoms with van der Waals surface area (Å²) in [4.78, 5) is 37.0. The van der Waals surface area contributed by atoms with Crippen LogP contribution in [0.3, 0.4) is 0 Å². The monoisotopic (exact) mass is 380 g/mol. The highest BCUT2D eigenvalue weighted by Crippen LogP contribution is 2.30. The van der Waals surface area contributed by atoms with Gasteiger partial charge in [0.1, 0.15) is 11.6 Å². The first-order valence-corrected chi connectivity index (χ1v) is 8.79. The number of amides is 4. The smallest absolute Gasteiger partial charge is 0.426 e. The SMILES string of the molecule is CC(C)(C)OC(=O)NNC(=O)C1CCC2CN1C(=O)N2OS(=O)(=O)O. The Bertz CT molecular complexity index is 673. The second kappa shape index (κ2) is 6.65. The lowest BCUT2D eigenvalue weighted by Crippen LogP contribution is -2.54. The van der Waals surface area contributed by atoms with Gasteiger partial charge in [-0.15, -0.1) is 4.28 Å². The number of piperidine rings is 1. The highest BCUT2D eigenvalue weighted by atomic mass is 32.3. The van der Waals surface area contributed by atoms with Gasteiger partial charge >= 0.3 is 22.5 Å². The zero-order chi connectivity index (χ0) is 19.0. The van der Waals surface area contributed by atoms with Gasteiger partial charge in [-0.1, -0.05) is 0 Å². The molecule has 13 heteroatoms. The molecule has 142 valence electrons. The minimum absolute atomic E-state index is 0.0544. The quantitative estimate of drug-likeness (QED) is 0.439. The fourth-order valence-corrected chi connectivity index (χ4v) is 2.99. The van der Waals surface area contributed by atoms with Gasteiger partial charge in [0.2, 0.25) is 0 Å². The maximum absolute atomic E-state index is 12.2. The topological polar surface area (TPSA) is 155 Å². The molecule has 0 aromatic carbocycles. The Hall–Kier alpha value is -2.12. The van der Waals surface area contributed by atoms with Crippen LogP contribution in [0.4, 0.5) is 9.59 Å². The molecule has 0 radical (unpaired) electrons. The number of nitrogens with zero attached hydrogens (tertiary/aromatic N) is 2. The summed E-state index contributed by atoms with van der Waals surface area (Å²) < 4.78 is 39.6. The molecule has 2 saturated heterocycles. The maximum Gasteiger partial charge on any atom is 0.426 e. The molecular weight excluding hydrogens is 360 g/mol. The average molecular weight is 380 g/mol. The van der Waals surface area contributed by atoms with Crippen molar-refractivity contribution in [1.82, 2.24) is 20.8 Å². The van der Waals surface area contributed by atoms with E-state index in [9.17, 15) is 22.8 Å². The summed E-state index contributed by atoms with van der Waals surface area (Å²) in [6, 6.07) is -2.39. The fourth-order valence-electron chi connectivity index (χ4n) is 2.60. The van der Waals surface area contributed by atoms with E-state index in [0.717, 1.165) is 4.90 Å². The van der Waals surface area contributed by atoms with Gasteiger partial charge in [-0.25, -0.2) is 15.0 Å². The number of urea groups is 1. The molecule has 3 N–H and O–H groups in total. The van der Waals surface area contributed by atoms with Crippen molar-refractivity contribution in [3.63, 3.8) is 0 Å². The first kappa shape index (κ1) is 19.2. The van der Waals surface area contributed by atoms with E-state index in [-0.39, 0.29) is 19.4 Å². The van der Waals surface area contributed by atoms with Gasteiger partial charge in [0.15, 0.2) is 0 Å². The third kappa shape index (κ3) is 4.93. The Balaban J connectivity index is 1.95. The number of rotatable bonds is 3. The zero-order valence-corrected chi connectivity index (χ0v) is 14.7. The summed E-state index contributed by atoms with van der Waals surface area (Å²) in [6.45, 7) is 5.02. The molecule has 2 aliphatic heterocycles. The molecule has 0 aromatic heterocycles. The van der Waals surface area contributed by atoms with E-state index in [1.165, 1.54) is 0 Å². The molecule has 0 aromatic rings. The number of hydrogen-bond acceptors (Lipinski definition) is 7. The van der Waals surface area contributed by atoms with Gasteiger partial charge in [-0.2, -0.15) is 13.5 Å². The predicted molar refractivity (Wildman–Crippen MR) is 80.9 cm³/mol. The minimum atomic E-state index is -4.85. The number of ether oxygens (including phenoxy) is 1. The van der Waals surface area contributed by atoms with Gasteiger partial charge in [0.25, 0.3) is 5.91 Å². The molecule has 2 rings (SSSR count). The Morgan fingerprint density at radius 2 is 1.88 bits per heavy atom. The number of hydrogen-bond donors (Lipinski definition) is 3. The third-order valence-electron chi connectivity index (χ3n) is 3.49. The van der Waals surface area contributed by atoms with E-state index >= 15 is 0 Å². The first-order valence-electron chi connectivity index (χ1n) is 7.43. The van der Waals surface area contributed by atoms with E-state index in [1.807, 2.05) is 0 Å². The van der Waals surface area contributed by atoms with Gasteiger partial charge in [-0.05, 0) is 33.6 Å². The van der Waals surface area contributed by atoms with Crippen LogP contribution in [0.1, 0.15) is 33.6 Å². The molecule has 2 bridgehead atoms. The van der Waals surface area contributed by atoms with Gasteiger partial charge in [0.05, 0.1) is 6.04 Å². The molecule has 2 atom stereocenters. The fraction of sp³-hybridized carbons (Fsp3) is 0.750. The van der Waals surface area contributed by atoms with Crippen LogP contribution in [0.5, 0.6) is 0 Å². The minimum Gasteiger partial charge on any atom is -0.443 e. The van der Waals surface area contributed by atoms with Crippen LogP contribution in [0.25, 0.3) is 0 Å². The number of hydrazine groups is 1. The summed E-state index contributed by atoms with van der Waals surface area (Å²) in [5, 5.41) is 0.532. The van der Waals surface area contributed by atoms with E-state index in [1.54, 1.807) is 20.8 Å². The van der Waals surface area contributed by atoms with Crippen molar-refractivity contribution < 1.29 is 36.4 Å². The second-order valence-corrected chi connectivity index (χ2v) is 7.63. The first-order chi connectivity index (χ1) is 11.4. The van der Waals surface area contributed by atoms with Crippen molar-refractivity contribution in [2.75, 3.05) is 6.54 Å². The van der Waals surface area contributed by atoms with Crippen molar-refractivity contribution in [1.29, 1.82) is 0 Å². The predicted octanol–water partition coefficient (Wildman–Crippen LogP) is -0.455. The number of hydroxylamine groups is 2. The molecule has 4 amide bonds. The van der Waals surface area contributed by atoms with Crippen LogP contribution >= 0.6 is 0 Å². The number of fused-ring (bicyclic) bond motifs is 2. The van der Waals surface area contributed by atoms with Crippen LogP contribution in [-0.4, -0.2) is 65.2 Å². The number of carbonyl (C=O) groups is 3. The van der Waals surface area contributed by atoms with E-state index in [0.29, 0.717) is 5.06 Å². The van der Waals surface area contributed by atoms with Crippen molar-refractivity contribution in [3.8, 4) is 0 Å². The summed E-state index contributed by atoms with van der Waals surface area (Å²) >= 11 is 0. The summed E-state index contributed by atoms with van der Waals surface area (Å²) in [5.74, 6) is -0.661. The van der Waals surface area contributed by atoms with Crippen molar-refractivity contribution in [2.45, 2.75) is 51.3 Å². The second-order valence-electron chi connectivity index (χ2n) is 6.63. The van der Waals surface area contributed by atoms with Crippen LogP contribution in [-0.2, 0) is 24.2 Å². The van der Waals surface area contributed by atoms with Gasteiger partial charge < -0.3 is 9.64 Å². The highest BCUT2D eigenvalue weighted by molar-refractivity contribution is 7.80. The average Bonchev–Trinajstić information content (AvgIpc) is 2.67. The lowest BCUT2D eigenvalue weighted by atomic mass is 10.0. The van der Waals surface area contributed by atoms with Crippen LogP contribution in [0.15, 0.2) is 0 Å². The zero-order valence-electron chi connectivity index (χ0n) is 13.9. The molecule has 2 heterocycles. The van der Waals surface area contributed by atoms with Crippen LogP contribution < -0.4 is 10.9 Å². The number of carbonyl (C=O) groups excluding carboxylic acids is 3. The molecule has 0 saturated carbocycles. The van der Waals surface area contributed by atoms with E-state index in [2.05, 4.69) is 15.1 Å². The Kier molecular flexibility index (Phi) is 5.11. The summed E-state index contributed by atoms with van der Waals surface area (Å²) in [6.07, 6.45) is -0.357. The normalized spacial score (nSPS) is 23.4. The summed E-state index contributed by atoms with van der Waals surface area (Å²) in [5.41, 5.74) is 3.49. The molecule has 2 fully saturated rings. The van der Waals surface area contributed by atoms with Crippen molar-refractivity contribution in [2.24, 2.45) is 0 Å². The Morgan fingerprint density at radius 3 is 2.44 bits per heavy atom. The summed E-state index contributed by atoms with van der Waals surface area (Å²) in [7, 11) is -4.85. The Labute approximate surface area is 144 Å². The molecular formula is C12H20N4O8S. The van der Waals surface area contributed by atoms with Crippen LogP contribution in [0.2, 0.25) is 0 Å². The lowest BCUT2D eigenvalue weighted by molar-refractivity contribution is -0.127. The number of nitrogens with one attached hydrogen (secondary N) is 2. The third-order valence-corrected chi connectivity index (χ3v) is 3.84.